The number of nitrogens with one attached hydrogen (secondary N) is 1. The number of hydrogen-bond acceptors (Lipinski definition) is 5. The number of aliphatic hydroxyl groups is 1. The Morgan fingerprint density at radius 3 is 2.38 bits per heavy atom. The summed E-state index contributed by atoms with van der Waals surface area (Å²) in [4.78, 5) is 16.3. The van der Waals surface area contributed by atoms with Crippen molar-refractivity contribution in [2.75, 3.05) is 6.54 Å². The zero-order valence-electron chi connectivity index (χ0n) is 13.9. The standard InChI is InChI=1S/C18H20F2N2O4/c19-14-6-13(7-15(20)9-14)8-17(26-18(21)24)16(23)10-22-25-11-12-4-2-1-3-5-12/h1-7,9,16-17,22-23H,8,10-11H2,(H2,21,24)/t16-,17+/m1/s1. The van der Waals surface area contributed by atoms with Crippen molar-refractivity contribution < 1.29 is 28.3 Å². The molecule has 2 aromatic rings. The van der Waals surface area contributed by atoms with Crippen LogP contribution in [0.5, 0.6) is 0 Å². The third-order valence-corrected chi connectivity index (χ3v) is 3.53. The zero-order chi connectivity index (χ0) is 18.9. The highest BCUT2D eigenvalue weighted by atomic mass is 19.1. The minimum atomic E-state index is -1.20. The molecule has 6 nitrogen and oxygen atoms in total. The number of amides is 1. The van der Waals surface area contributed by atoms with Crippen LogP contribution in [0.3, 0.4) is 0 Å². The fourth-order valence-corrected chi connectivity index (χ4v) is 2.35. The van der Waals surface area contributed by atoms with Gasteiger partial charge in [-0.25, -0.2) is 13.6 Å². The Bertz CT molecular complexity index is 695. The minimum Gasteiger partial charge on any atom is -0.443 e. The fraction of sp³-hybridized carbons (Fsp3) is 0.278. The predicted octanol–water partition coefficient (Wildman–Crippen LogP) is 2.05. The van der Waals surface area contributed by atoms with Crippen molar-refractivity contribution in [3.05, 3.63) is 71.3 Å². The molecule has 4 N–H and O–H groups in total. The largest absolute Gasteiger partial charge is 0.443 e. The number of benzene rings is 2. The van der Waals surface area contributed by atoms with Crippen LogP contribution in [0.1, 0.15) is 11.1 Å². The molecule has 0 aliphatic rings. The van der Waals surface area contributed by atoms with E-state index in [4.69, 9.17) is 15.3 Å². The van der Waals surface area contributed by atoms with Crippen LogP contribution in [-0.2, 0) is 22.6 Å². The second-order valence-corrected chi connectivity index (χ2v) is 5.65. The lowest BCUT2D eigenvalue weighted by atomic mass is 10.0. The highest BCUT2D eigenvalue weighted by Crippen LogP contribution is 2.14. The Balaban J connectivity index is 1.89. The van der Waals surface area contributed by atoms with E-state index in [1.165, 1.54) is 0 Å². The van der Waals surface area contributed by atoms with Crippen LogP contribution in [0.25, 0.3) is 0 Å². The van der Waals surface area contributed by atoms with Gasteiger partial charge in [-0.3, -0.25) is 4.84 Å². The molecule has 0 unspecified atom stereocenters. The molecule has 140 valence electrons. The summed E-state index contributed by atoms with van der Waals surface area (Å²) in [5, 5.41) is 10.2. The van der Waals surface area contributed by atoms with E-state index < -0.39 is 29.9 Å². The smallest absolute Gasteiger partial charge is 0.404 e. The van der Waals surface area contributed by atoms with Crippen LogP contribution in [-0.4, -0.2) is 30.0 Å². The minimum absolute atomic E-state index is 0.0808. The average molecular weight is 366 g/mol. The van der Waals surface area contributed by atoms with Crippen molar-refractivity contribution in [3.63, 3.8) is 0 Å². The molecule has 0 heterocycles. The number of carbonyl (C=O) groups is 1. The number of hydroxylamine groups is 1. The number of hydrogen-bond donors (Lipinski definition) is 3. The number of ether oxygens (including phenoxy) is 1. The lowest BCUT2D eigenvalue weighted by molar-refractivity contribution is -0.0377. The van der Waals surface area contributed by atoms with E-state index >= 15 is 0 Å². The predicted molar refractivity (Wildman–Crippen MR) is 89.8 cm³/mol. The molecular weight excluding hydrogens is 346 g/mol. The normalized spacial score (nSPS) is 13.2. The van der Waals surface area contributed by atoms with Crippen molar-refractivity contribution in [3.8, 4) is 0 Å². The molecule has 2 aromatic carbocycles. The molecule has 1 amide bonds. The number of carbonyl (C=O) groups excluding carboxylic acids is 1. The first-order valence-electron chi connectivity index (χ1n) is 7.91. The molecule has 2 rings (SSSR count). The van der Waals surface area contributed by atoms with Crippen molar-refractivity contribution in [1.82, 2.24) is 5.48 Å². The number of aliphatic hydroxyl groups excluding tert-OH is 1. The van der Waals surface area contributed by atoms with Crippen LogP contribution >= 0.6 is 0 Å². The van der Waals surface area contributed by atoms with Crippen molar-refractivity contribution in [2.45, 2.75) is 25.2 Å². The molecule has 0 aromatic heterocycles. The highest BCUT2D eigenvalue weighted by molar-refractivity contribution is 5.64. The zero-order valence-corrected chi connectivity index (χ0v) is 13.9. The summed E-state index contributed by atoms with van der Waals surface area (Å²) < 4.78 is 31.4. The van der Waals surface area contributed by atoms with Gasteiger partial charge in [0, 0.05) is 12.5 Å². The van der Waals surface area contributed by atoms with Crippen LogP contribution in [0.15, 0.2) is 48.5 Å². The van der Waals surface area contributed by atoms with Gasteiger partial charge in [-0.1, -0.05) is 30.3 Å². The Labute approximate surface area is 149 Å². The van der Waals surface area contributed by atoms with Gasteiger partial charge in [0.25, 0.3) is 0 Å². The molecule has 0 spiro atoms. The van der Waals surface area contributed by atoms with E-state index in [0.717, 1.165) is 23.8 Å². The molecule has 0 aliphatic carbocycles. The summed E-state index contributed by atoms with van der Waals surface area (Å²) in [5.74, 6) is -1.53. The van der Waals surface area contributed by atoms with Crippen LogP contribution in [0.2, 0.25) is 0 Å². The summed E-state index contributed by atoms with van der Waals surface area (Å²) in [6, 6.07) is 12.2. The summed E-state index contributed by atoms with van der Waals surface area (Å²) in [7, 11) is 0. The second-order valence-electron chi connectivity index (χ2n) is 5.65. The second kappa shape index (κ2) is 9.81. The topological polar surface area (TPSA) is 93.8 Å². The monoisotopic (exact) mass is 366 g/mol. The summed E-state index contributed by atoms with van der Waals surface area (Å²) >= 11 is 0. The third-order valence-electron chi connectivity index (χ3n) is 3.53. The van der Waals surface area contributed by atoms with E-state index in [-0.39, 0.29) is 25.1 Å². The van der Waals surface area contributed by atoms with Gasteiger partial charge in [-0.15, -0.1) is 0 Å². The van der Waals surface area contributed by atoms with E-state index in [9.17, 15) is 18.7 Å². The summed E-state index contributed by atoms with van der Waals surface area (Å²) in [6.07, 6.45) is -3.51. The summed E-state index contributed by atoms with van der Waals surface area (Å²) in [5.41, 5.74) is 8.71. The number of halogens is 2. The fourth-order valence-electron chi connectivity index (χ4n) is 2.35. The SMILES string of the molecule is NC(=O)O[C@@H](Cc1cc(F)cc(F)c1)[C@H](O)CNOCc1ccccc1. The lowest BCUT2D eigenvalue weighted by Crippen LogP contribution is -2.41. The van der Waals surface area contributed by atoms with Crippen LogP contribution < -0.4 is 11.2 Å². The highest BCUT2D eigenvalue weighted by Gasteiger charge is 2.23. The molecular formula is C18H20F2N2O4. The quantitative estimate of drug-likeness (QED) is 0.467. The molecule has 0 saturated carbocycles. The Morgan fingerprint density at radius 2 is 1.77 bits per heavy atom. The first kappa shape index (κ1) is 19.8. The molecule has 0 fully saturated rings. The number of primary amides is 1. The molecule has 0 saturated heterocycles. The summed E-state index contributed by atoms with van der Waals surface area (Å²) in [6.45, 7) is 0.187. The van der Waals surface area contributed by atoms with Gasteiger partial charge in [0.1, 0.15) is 23.8 Å². The Kier molecular flexibility index (Phi) is 7.46. The maximum atomic E-state index is 13.3. The van der Waals surface area contributed by atoms with Gasteiger partial charge in [0.15, 0.2) is 0 Å². The van der Waals surface area contributed by atoms with Crippen LogP contribution in [0, 0.1) is 11.6 Å². The molecule has 0 bridgehead atoms. The van der Waals surface area contributed by atoms with Gasteiger partial charge in [-0.2, -0.15) is 5.48 Å². The Hall–Kier alpha value is -2.55. The molecule has 0 aliphatic heterocycles. The average Bonchev–Trinajstić information content (AvgIpc) is 2.57. The third kappa shape index (κ3) is 6.75. The van der Waals surface area contributed by atoms with E-state index in [1.807, 2.05) is 30.3 Å². The molecule has 8 heteroatoms. The van der Waals surface area contributed by atoms with Crippen molar-refractivity contribution in [1.29, 1.82) is 0 Å². The van der Waals surface area contributed by atoms with E-state index in [2.05, 4.69) is 5.48 Å². The molecule has 0 radical (unpaired) electrons. The van der Waals surface area contributed by atoms with Gasteiger partial charge >= 0.3 is 6.09 Å². The lowest BCUT2D eigenvalue weighted by Gasteiger charge is -2.22. The maximum absolute atomic E-state index is 13.3. The van der Waals surface area contributed by atoms with Crippen molar-refractivity contribution >= 4 is 6.09 Å². The Morgan fingerprint density at radius 1 is 1.12 bits per heavy atom. The molecule has 26 heavy (non-hydrogen) atoms. The van der Waals surface area contributed by atoms with Crippen molar-refractivity contribution in [2.24, 2.45) is 5.73 Å². The van der Waals surface area contributed by atoms with Crippen LogP contribution in [0.4, 0.5) is 13.6 Å². The van der Waals surface area contributed by atoms with Gasteiger partial charge in [-0.05, 0) is 23.3 Å². The van der Waals surface area contributed by atoms with Gasteiger partial charge in [0.2, 0.25) is 0 Å². The van der Waals surface area contributed by atoms with Gasteiger partial charge < -0.3 is 15.6 Å². The molecule has 2 atom stereocenters. The van der Waals surface area contributed by atoms with E-state index in [1.54, 1.807) is 0 Å². The maximum Gasteiger partial charge on any atom is 0.404 e. The first-order valence-corrected chi connectivity index (χ1v) is 7.91. The van der Waals surface area contributed by atoms with E-state index in [0.29, 0.717) is 0 Å². The number of nitrogens with two attached hydrogens (primary N) is 1. The first-order chi connectivity index (χ1) is 12.4. The van der Waals surface area contributed by atoms with Gasteiger partial charge in [0.05, 0.1) is 13.2 Å². The number of rotatable bonds is 9.